The van der Waals surface area contributed by atoms with Gasteiger partial charge in [-0.15, -0.1) is 24.0 Å². The highest BCUT2D eigenvalue weighted by molar-refractivity contribution is 14.0. The van der Waals surface area contributed by atoms with Gasteiger partial charge in [0.15, 0.2) is 5.96 Å². The molecule has 3 rings (SSSR count). The highest BCUT2D eigenvalue weighted by atomic mass is 127. The summed E-state index contributed by atoms with van der Waals surface area (Å²) in [5, 5.41) is 6.77. The van der Waals surface area contributed by atoms with Gasteiger partial charge in [0.2, 0.25) is 5.91 Å². The Balaban J connectivity index is 0.00000243. The molecule has 1 aliphatic heterocycles. The molecule has 0 aromatic carbocycles. The van der Waals surface area contributed by atoms with Crippen molar-refractivity contribution in [1.82, 2.24) is 20.4 Å². The summed E-state index contributed by atoms with van der Waals surface area (Å²) in [5.74, 6) is 2.50. The number of nitrogens with zero attached hydrogens (tertiary/aromatic N) is 3. The van der Waals surface area contributed by atoms with E-state index in [1.807, 2.05) is 0 Å². The Morgan fingerprint density at radius 2 is 1.73 bits per heavy atom. The molecule has 0 bridgehead atoms. The Morgan fingerprint density at radius 1 is 1.04 bits per heavy atom. The van der Waals surface area contributed by atoms with Crippen molar-refractivity contribution >= 4 is 35.8 Å². The molecule has 7 heteroatoms. The van der Waals surface area contributed by atoms with Crippen molar-refractivity contribution in [2.24, 2.45) is 16.8 Å². The van der Waals surface area contributed by atoms with Crippen LogP contribution in [0.15, 0.2) is 4.99 Å². The van der Waals surface area contributed by atoms with Gasteiger partial charge in [0.25, 0.3) is 0 Å². The minimum absolute atomic E-state index is 0. The number of guanidine groups is 1. The molecule has 6 nitrogen and oxygen atoms in total. The summed E-state index contributed by atoms with van der Waals surface area (Å²) in [6, 6.07) is 0. The molecule has 1 saturated heterocycles. The van der Waals surface area contributed by atoms with Crippen LogP contribution in [0.4, 0.5) is 0 Å². The van der Waals surface area contributed by atoms with E-state index >= 15 is 0 Å². The summed E-state index contributed by atoms with van der Waals surface area (Å²) in [6.45, 7) is 9.67. The number of piperazine rings is 1. The standard InChI is InChI=1S/C19H35N5O.HI/c1-2-20-19(22-15-16-7-8-16)21-9-10-23-11-13-24(14-12-23)18(25)17-5-3-4-6-17;/h16-17H,2-15H2,1H3,(H2,20,21,22);1H. The van der Waals surface area contributed by atoms with E-state index < -0.39 is 0 Å². The lowest BCUT2D eigenvalue weighted by Gasteiger charge is -2.36. The molecule has 0 atom stereocenters. The number of halogens is 1. The van der Waals surface area contributed by atoms with E-state index in [2.05, 4.69) is 32.3 Å². The molecule has 0 radical (unpaired) electrons. The maximum atomic E-state index is 12.5. The van der Waals surface area contributed by atoms with E-state index in [0.29, 0.717) is 11.8 Å². The van der Waals surface area contributed by atoms with Crippen molar-refractivity contribution in [3.63, 3.8) is 0 Å². The van der Waals surface area contributed by atoms with Crippen molar-refractivity contribution in [1.29, 1.82) is 0 Å². The fraction of sp³-hybridized carbons (Fsp3) is 0.895. The topological polar surface area (TPSA) is 60.0 Å². The van der Waals surface area contributed by atoms with Crippen LogP contribution < -0.4 is 10.6 Å². The van der Waals surface area contributed by atoms with Gasteiger partial charge in [-0.25, -0.2) is 0 Å². The quantitative estimate of drug-likeness (QED) is 0.334. The average Bonchev–Trinajstić information content (AvgIpc) is 3.30. The fourth-order valence-corrected chi connectivity index (χ4v) is 3.82. The summed E-state index contributed by atoms with van der Waals surface area (Å²) in [7, 11) is 0. The minimum Gasteiger partial charge on any atom is -0.357 e. The Labute approximate surface area is 175 Å². The van der Waals surface area contributed by atoms with E-state index in [-0.39, 0.29) is 24.0 Å². The molecule has 0 unspecified atom stereocenters. The molecular formula is C19H36IN5O. The number of hydrogen-bond donors (Lipinski definition) is 2. The predicted molar refractivity (Wildman–Crippen MR) is 117 cm³/mol. The van der Waals surface area contributed by atoms with E-state index in [1.165, 1.54) is 25.7 Å². The highest BCUT2D eigenvalue weighted by Crippen LogP contribution is 2.28. The summed E-state index contributed by atoms with van der Waals surface area (Å²) in [6.07, 6.45) is 7.36. The molecule has 1 heterocycles. The first-order valence-electron chi connectivity index (χ1n) is 10.3. The lowest BCUT2D eigenvalue weighted by atomic mass is 10.1. The number of nitrogens with one attached hydrogen (secondary N) is 2. The van der Waals surface area contributed by atoms with Gasteiger partial charge in [0.05, 0.1) is 0 Å². The van der Waals surface area contributed by atoms with Gasteiger partial charge < -0.3 is 15.5 Å². The predicted octanol–water partition coefficient (Wildman–Crippen LogP) is 1.90. The summed E-state index contributed by atoms with van der Waals surface area (Å²) in [5.41, 5.74) is 0. The molecular weight excluding hydrogens is 441 g/mol. The number of carbonyl (C=O) groups is 1. The molecule has 150 valence electrons. The largest absolute Gasteiger partial charge is 0.357 e. The molecule has 0 aromatic heterocycles. The van der Waals surface area contributed by atoms with Crippen LogP contribution in [0.5, 0.6) is 0 Å². The minimum atomic E-state index is 0. The molecule has 2 saturated carbocycles. The monoisotopic (exact) mass is 477 g/mol. The van der Waals surface area contributed by atoms with Crippen molar-refractivity contribution in [2.75, 3.05) is 52.4 Å². The van der Waals surface area contributed by atoms with E-state index in [0.717, 1.165) is 77.1 Å². The Hall–Kier alpha value is -0.570. The van der Waals surface area contributed by atoms with Crippen LogP contribution in [-0.4, -0.2) is 74.0 Å². The average molecular weight is 477 g/mol. The molecule has 1 amide bonds. The number of aliphatic imine (C=N–C) groups is 1. The van der Waals surface area contributed by atoms with Crippen LogP contribution in [0.1, 0.15) is 45.4 Å². The van der Waals surface area contributed by atoms with Crippen molar-refractivity contribution in [2.45, 2.75) is 45.4 Å². The van der Waals surface area contributed by atoms with Crippen LogP contribution in [-0.2, 0) is 4.79 Å². The van der Waals surface area contributed by atoms with Gasteiger partial charge in [0.1, 0.15) is 0 Å². The number of amides is 1. The van der Waals surface area contributed by atoms with Gasteiger partial charge in [-0.05, 0) is 38.5 Å². The van der Waals surface area contributed by atoms with Crippen molar-refractivity contribution in [3.8, 4) is 0 Å². The van der Waals surface area contributed by atoms with Gasteiger partial charge in [-0.3, -0.25) is 14.7 Å². The van der Waals surface area contributed by atoms with Gasteiger partial charge in [-0.2, -0.15) is 0 Å². The third kappa shape index (κ3) is 6.87. The molecule has 26 heavy (non-hydrogen) atoms. The van der Waals surface area contributed by atoms with E-state index in [9.17, 15) is 4.79 Å². The first kappa shape index (κ1) is 21.7. The summed E-state index contributed by atoms with van der Waals surface area (Å²) in [4.78, 5) is 21.7. The first-order valence-corrected chi connectivity index (χ1v) is 10.3. The first-order chi connectivity index (χ1) is 12.3. The third-order valence-corrected chi connectivity index (χ3v) is 5.66. The van der Waals surface area contributed by atoms with Gasteiger partial charge in [0, 0.05) is 58.3 Å². The molecule has 0 spiro atoms. The zero-order chi connectivity index (χ0) is 17.5. The second-order valence-corrected chi connectivity index (χ2v) is 7.74. The normalized spacial score (nSPS) is 22.2. The van der Waals surface area contributed by atoms with Crippen LogP contribution in [0.25, 0.3) is 0 Å². The summed E-state index contributed by atoms with van der Waals surface area (Å²) >= 11 is 0. The number of carbonyl (C=O) groups excluding carboxylic acids is 1. The van der Waals surface area contributed by atoms with E-state index in [1.54, 1.807) is 0 Å². The maximum Gasteiger partial charge on any atom is 0.225 e. The van der Waals surface area contributed by atoms with E-state index in [4.69, 9.17) is 0 Å². The van der Waals surface area contributed by atoms with Gasteiger partial charge >= 0.3 is 0 Å². The zero-order valence-electron chi connectivity index (χ0n) is 16.2. The van der Waals surface area contributed by atoms with Gasteiger partial charge in [-0.1, -0.05) is 12.8 Å². The lowest BCUT2D eigenvalue weighted by molar-refractivity contribution is -0.137. The SMILES string of the molecule is CCNC(=NCC1CC1)NCCN1CCN(C(=O)C2CCCC2)CC1.I. The molecule has 3 aliphatic rings. The molecule has 0 aromatic rings. The second-order valence-electron chi connectivity index (χ2n) is 7.74. The molecule has 2 aliphatic carbocycles. The molecule has 2 N–H and O–H groups in total. The number of hydrogen-bond acceptors (Lipinski definition) is 3. The van der Waals surface area contributed by atoms with Crippen LogP contribution in [0.2, 0.25) is 0 Å². The zero-order valence-corrected chi connectivity index (χ0v) is 18.5. The molecule has 3 fully saturated rings. The smallest absolute Gasteiger partial charge is 0.225 e. The van der Waals surface area contributed by atoms with Crippen LogP contribution in [0.3, 0.4) is 0 Å². The van der Waals surface area contributed by atoms with Crippen molar-refractivity contribution in [3.05, 3.63) is 0 Å². The van der Waals surface area contributed by atoms with Crippen LogP contribution in [0, 0.1) is 11.8 Å². The lowest BCUT2D eigenvalue weighted by Crippen LogP contribution is -2.51. The maximum absolute atomic E-state index is 12.5. The van der Waals surface area contributed by atoms with Crippen molar-refractivity contribution < 1.29 is 4.79 Å². The third-order valence-electron chi connectivity index (χ3n) is 5.66. The Bertz CT molecular complexity index is 455. The van der Waals surface area contributed by atoms with Crippen LogP contribution >= 0.6 is 24.0 Å². The summed E-state index contributed by atoms with van der Waals surface area (Å²) < 4.78 is 0. The highest BCUT2D eigenvalue weighted by Gasteiger charge is 2.29. The number of rotatable bonds is 7. The Kier molecular flexibility index (Phi) is 9.45. The second kappa shape index (κ2) is 11.3. The fourth-order valence-electron chi connectivity index (χ4n) is 3.82. The Morgan fingerprint density at radius 3 is 2.35 bits per heavy atom.